The van der Waals surface area contributed by atoms with Crippen LogP contribution in [0.2, 0.25) is 0 Å². The zero-order valence-electron chi connectivity index (χ0n) is 4.35. The molecule has 0 radical (unpaired) electrons. The second-order valence-electron chi connectivity index (χ2n) is 0.864. The summed E-state index contributed by atoms with van der Waals surface area (Å²) in [6, 6.07) is 0. The van der Waals surface area contributed by atoms with Gasteiger partial charge < -0.3 is 0 Å². The molecule has 0 aliphatic rings. The summed E-state index contributed by atoms with van der Waals surface area (Å²) in [5.41, 5.74) is 0. The molecule has 0 saturated carbocycles. The van der Waals surface area contributed by atoms with Gasteiger partial charge in [-0.1, -0.05) is 0 Å². The van der Waals surface area contributed by atoms with Crippen molar-refractivity contribution in [1.29, 1.82) is 0 Å². The summed E-state index contributed by atoms with van der Waals surface area (Å²) >= 11 is -0.0281. The average Bonchev–Trinajstić information content (AvgIpc) is 1.72. The molecule has 1 atom stereocenters. The van der Waals surface area contributed by atoms with E-state index >= 15 is 0 Å². The maximum atomic E-state index is 4.80. The van der Waals surface area contributed by atoms with Gasteiger partial charge in [-0.25, -0.2) is 0 Å². The summed E-state index contributed by atoms with van der Waals surface area (Å²) < 4.78 is 4.62. The van der Waals surface area contributed by atoms with E-state index < -0.39 is 0 Å². The number of rotatable bonds is 3. The Hall–Kier alpha value is 0.610. The number of hydrogen-bond donors (Lipinski definition) is 1. The second kappa shape index (κ2) is 4.76. The Morgan fingerprint density at radius 3 is 2.29 bits per heavy atom. The molecule has 7 heavy (non-hydrogen) atoms. The van der Waals surface area contributed by atoms with Gasteiger partial charge in [-0.3, -0.25) is 0 Å². The fourth-order valence-corrected chi connectivity index (χ4v) is 0.998. The molecule has 0 amide bonds. The van der Waals surface area contributed by atoms with E-state index in [1.54, 1.807) is 7.11 Å². The summed E-state index contributed by atoms with van der Waals surface area (Å²) in [4.78, 5) is 6.42. The van der Waals surface area contributed by atoms with Crippen molar-refractivity contribution in [3.8, 4) is 0 Å². The van der Waals surface area contributed by atoms with Gasteiger partial charge in [0, 0.05) is 0 Å². The number of halogens is 1. The van der Waals surface area contributed by atoms with Crippen molar-refractivity contribution < 1.29 is 30.8 Å². The standard InChI is InChI=1S/C3H9INO2/c1-4-3(6-2)7-5/h3H,5H2,1-2H3/q-1. The monoisotopic (exact) mass is 218 g/mol. The summed E-state index contributed by atoms with van der Waals surface area (Å²) in [5, 5.41) is 0. The van der Waals surface area contributed by atoms with Crippen molar-refractivity contribution in [3.05, 3.63) is 0 Å². The van der Waals surface area contributed by atoms with Crippen LogP contribution >= 0.6 is 0 Å². The topological polar surface area (TPSA) is 44.5 Å². The third-order valence-corrected chi connectivity index (χ3v) is 2.29. The van der Waals surface area contributed by atoms with Crippen LogP contribution < -0.4 is 27.1 Å². The van der Waals surface area contributed by atoms with Gasteiger partial charge in [0.05, 0.1) is 0 Å². The van der Waals surface area contributed by atoms with Gasteiger partial charge in [0.25, 0.3) is 0 Å². The molecule has 0 aromatic carbocycles. The molecule has 0 bridgehead atoms. The Kier molecular flexibility index (Phi) is 5.18. The fourth-order valence-electron chi connectivity index (χ4n) is 0.196. The van der Waals surface area contributed by atoms with E-state index in [4.69, 9.17) is 10.6 Å². The molecule has 0 rings (SSSR count). The van der Waals surface area contributed by atoms with Crippen molar-refractivity contribution in [2.24, 2.45) is 5.90 Å². The minimum atomic E-state index is -0.126. The summed E-state index contributed by atoms with van der Waals surface area (Å²) in [7, 11) is 1.58. The molecule has 46 valence electrons. The first-order valence-electron chi connectivity index (χ1n) is 1.71. The van der Waals surface area contributed by atoms with Gasteiger partial charge in [-0.05, 0) is 0 Å². The Labute approximate surface area is 53.4 Å². The van der Waals surface area contributed by atoms with Crippen LogP contribution in [0.5, 0.6) is 0 Å². The van der Waals surface area contributed by atoms with Gasteiger partial charge in [-0.15, -0.1) is 0 Å². The summed E-state index contributed by atoms with van der Waals surface area (Å²) in [6.45, 7) is 0. The van der Waals surface area contributed by atoms with Crippen molar-refractivity contribution >= 4 is 0 Å². The molecular formula is C3H9INO2-. The van der Waals surface area contributed by atoms with E-state index in [9.17, 15) is 0 Å². The molecule has 1 unspecified atom stereocenters. The molecule has 4 heteroatoms. The number of alkyl halides is 2. The maximum absolute atomic E-state index is 4.80. The van der Waals surface area contributed by atoms with Gasteiger partial charge in [0.15, 0.2) is 0 Å². The Bertz CT molecular complexity index is 34.4. The molecule has 0 aliphatic carbocycles. The first-order chi connectivity index (χ1) is 3.35. The van der Waals surface area contributed by atoms with Crippen LogP contribution in [0.1, 0.15) is 0 Å². The quantitative estimate of drug-likeness (QED) is 0.231. The third-order valence-electron chi connectivity index (χ3n) is 0.470. The molecule has 0 aromatic heterocycles. The van der Waals surface area contributed by atoms with Gasteiger partial charge >= 0.3 is 53.0 Å². The Balaban J connectivity index is 2.99. The molecular weight excluding hydrogens is 209 g/mol. The van der Waals surface area contributed by atoms with E-state index in [0.29, 0.717) is 0 Å². The van der Waals surface area contributed by atoms with E-state index in [0.717, 1.165) is 0 Å². The zero-order valence-corrected chi connectivity index (χ0v) is 6.51. The average molecular weight is 218 g/mol. The van der Waals surface area contributed by atoms with Crippen LogP contribution in [0, 0.1) is 0 Å². The van der Waals surface area contributed by atoms with Crippen LogP contribution in [-0.4, -0.2) is 16.3 Å². The van der Waals surface area contributed by atoms with Crippen LogP contribution in [0.3, 0.4) is 0 Å². The molecule has 3 nitrogen and oxygen atoms in total. The van der Waals surface area contributed by atoms with E-state index in [1.807, 2.05) is 4.93 Å². The van der Waals surface area contributed by atoms with Crippen molar-refractivity contribution in [3.63, 3.8) is 0 Å². The van der Waals surface area contributed by atoms with Crippen LogP contribution in [0.4, 0.5) is 0 Å². The number of methoxy groups -OCH3 is 1. The van der Waals surface area contributed by atoms with Crippen LogP contribution in [0.15, 0.2) is 0 Å². The first kappa shape index (κ1) is 7.61. The third kappa shape index (κ3) is 3.22. The first-order valence-corrected chi connectivity index (χ1v) is 5.11. The predicted molar refractivity (Wildman–Crippen MR) is 22.0 cm³/mol. The van der Waals surface area contributed by atoms with Crippen molar-refractivity contribution in [1.82, 2.24) is 0 Å². The number of ether oxygens (including phenoxy) is 1. The van der Waals surface area contributed by atoms with Gasteiger partial charge in [-0.2, -0.15) is 0 Å². The Morgan fingerprint density at radius 1 is 1.71 bits per heavy atom. The number of nitrogens with two attached hydrogens (primary N) is 1. The fraction of sp³-hybridized carbons (Fsp3) is 1.00. The molecule has 0 aromatic rings. The van der Waals surface area contributed by atoms with E-state index in [2.05, 4.69) is 4.84 Å². The normalized spacial score (nSPS) is 14.7. The minimum absolute atomic E-state index is 0.0281. The van der Waals surface area contributed by atoms with Crippen molar-refractivity contribution in [2.45, 2.75) is 4.30 Å². The molecule has 2 N–H and O–H groups in total. The molecule has 0 fully saturated rings. The molecule has 0 saturated heterocycles. The van der Waals surface area contributed by atoms with Crippen LogP contribution in [-0.2, 0) is 9.57 Å². The van der Waals surface area contributed by atoms with Crippen LogP contribution in [0.25, 0.3) is 0 Å². The van der Waals surface area contributed by atoms with Gasteiger partial charge in [0.1, 0.15) is 0 Å². The van der Waals surface area contributed by atoms with E-state index in [1.165, 1.54) is 0 Å². The second-order valence-corrected chi connectivity index (χ2v) is 3.13. The number of hydrogen-bond acceptors (Lipinski definition) is 3. The Morgan fingerprint density at radius 2 is 2.29 bits per heavy atom. The summed E-state index contributed by atoms with van der Waals surface area (Å²) in [6.07, 6.45) is 0. The SMILES string of the molecule is COC(ON)[I-]C. The van der Waals surface area contributed by atoms with E-state index in [-0.39, 0.29) is 25.5 Å². The molecule has 0 aliphatic heterocycles. The van der Waals surface area contributed by atoms with Crippen molar-refractivity contribution in [2.75, 3.05) is 12.0 Å². The predicted octanol–water partition coefficient (Wildman–Crippen LogP) is -3.47. The molecule has 0 spiro atoms. The molecule has 0 heterocycles. The van der Waals surface area contributed by atoms with Gasteiger partial charge in [0.2, 0.25) is 0 Å². The summed E-state index contributed by atoms with van der Waals surface area (Å²) in [5.74, 6) is 4.80. The zero-order chi connectivity index (χ0) is 5.70.